The molecule has 3 heterocycles. The van der Waals surface area contributed by atoms with E-state index in [0.29, 0.717) is 6.54 Å². The first-order valence-electron chi connectivity index (χ1n) is 13.6. The third kappa shape index (κ3) is 4.69. The summed E-state index contributed by atoms with van der Waals surface area (Å²) < 4.78 is 18.7. The van der Waals surface area contributed by atoms with E-state index in [-0.39, 0.29) is 29.6 Å². The maximum Gasteiger partial charge on any atom is 0.222 e. The number of benzene rings is 2. The average Bonchev–Trinajstić information content (AvgIpc) is 3.60. The first-order chi connectivity index (χ1) is 18.8. The van der Waals surface area contributed by atoms with E-state index in [1.54, 1.807) is 23.5 Å². The highest BCUT2D eigenvalue weighted by atomic mass is 32.1. The Morgan fingerprint density at radius 3 is 2.62 bits per heavy atom. The molecule has 0 bridgehead atoms. The van der Waals surface area contributed by atoms with Gasteiger partial charge in [0.1, 0.15) is 5.82 Å². The summed E-state index contributed by atoms with van der Waals surface area (Å²) in [7, 11) is 0. The van der Waals surface area contributed by atoms with Gasteiger partial charge in [0, 0.05) is 63.5 Å². The van der Waals surface area contributed by atoms with Gasteiger partial charge in [-0.15, -0.1) is 11.3 Å². The molecule has 200 valence electrons. The van der Waals surface area contributed by atoms with Crippen LogP contribution in [0.2, 0.25) is 0 Å². The number of amides is 1. The van der Waals surface area contributed by atoms with Crippen LogP contribution < -0.4 is 5.32 Å². The second-order valence-corrected chi connectivity index (χ2v) is 12.0. The van der Waals surface area contributed by atoms with E-state index in [2.05, 4.69) is 64.7 Å². The van der Waals surface area contributed by atoms with Crippen LogP contribution in [0.25, 0.3) is 16.0 Å². The molecule has 0 saturated carbocycles. The van der Waals surface area contributed by atoms with Crippen LogP contribution in [0, 0.1) is 25.6 Å². The molecule has 0 saturated heterocycles. The van der Waals surface area contributed by atoms with E-state index in [9.17, 15) is 9.18 Å². The summed E-state index contributed by atoms with van der Waals surface area (Å²) in [5.41, 5.74) is 6.87. The Bertz CT molecular complexity index is 1660. The van der Waals surface area contributed by atoms with Crippen LogP contribution in [0.3, 0.4) is 0 Å². The number of carbonyl (C=O) groups is 1. The molecule has 2 atom stereocenters. The molecule has 6 rings (SSSR count). The summed E-state index contributed by atoms with van der Waals surface area (Å²) in [6.45, 7) is 8.64. The summed E-state index contributed by atoms with van der Waals surface area (Å²) in [6, 6.07) is 19.6. The zero-order valence-electron chi connectivity index (χ0n) is 22.7. The molecular weight excluding hydrogens is 507 g/mol. The molecule has 0 aliphatic heterocycles. The molecule has 5 nitrogen and oxygen atoms in total. The van der Waals surface area contributed by atoms with E-state index in [1.807, 2.05) is 26.1 Å². The normalized spacial score (nSPS) is 17.1. The van der Waals surface area contributed by atoms with Crippen LogP contribution in [-0.2, 0) is 17.8 Å². The first kappa shape index (κ1) is 25.6. The average molecular weight is 541 g/mol. The highest BCUT2D eigenvalue weighted by Gasteiger charge is 2.35. The molecule has 0 radical (unpaired) electrons. The van der Waals surface area contributed by atoms with Gasteiger partial charge >= 0.3 is 0 Å². The number of carbonyl (C=O) groups excluding carboxylic acids is 1. The number of rotatable bonds is 6. The lowest BCUT2D eigenvalue weighted by atomic mass is 9.82. The van der Waals surface area contributed by atoms with Crippen molar-refractivity contribution in [1.29, 1.82) is 0 Å². The number of fused-ring (bicyclic) bond motifs is 3. The summed E-state index contributed by atoms with van der Waals surface area (Å²) in [5.74, 6) is -0.173. The van der Waals surface area contributed by atoms with Crippen molar-refractivity contribution in [3.05, 3.63) is 106 Å². The molecule has 1 N–H and O–H groups in total. The number of hydrogen-bond donors (Lipinski definition) is 1. The molecule has 2 aromatic carbocycles. The van der Waals surface area contributed by atoms with Crippen LogP contribution in [0.1, 0.15) is 59.3 Å². The lowest BCUT2D eigenvalue weighted by Crippen LogP contribution is -2.42. The van der Waals surface area contributed by atoms with Gasteiger partial charge in [-0.1, -0.05) is 44.2 Å². The molecule has 1 aliphatic carbocycles. The van der Waals surface area contributed by atoms with E-state index in [1.165, 1.54) is 27.6 Å². The SMILES string of the molecule is Cc1ccc(C)n1-c1ncc(C2CC(NC(=O)C(C)C)Cc3c2n(Cc2cccc(F)c2)c2ccccc32)s1. The van der Waals surface area contributed by atoms with E-state index >= 15 is 0 Å². The van der Waals surface area contributed by atoms with Crippen molar-refractivity contribution in [3.8, 4) is 5.13 Å². The van der Waals surface area contributed by atoms with Crippen LogP contribution in [0.15, 0.2) is 66.9 Å². The minimum atomic E-state index is -0.226. The van der Waals surface area contributed by atoms with E-state index in [0.717, 1.165) is 40.4 Å². The van der Waals surface area contributed by atoms with Crippen molar-refractivity contribution < 1.29 is 9.18 Å². The number of hydrogen-bond acceptors (Lipinski definition) is 3. The predicted octanol–water partition coefficient (Wildman–Crippen LogP) is 6.91. The van der Waals surface area contributed by atoms with Gasteiger partial charge in [0.2, 0.25) is 5.91 Å². The molecule has 39 heavy (non-hydrogen) atoms. The van der Waals surface area contributed by atoms with Crippen molar-refractivity contribution in [1.82, 2.24) is 19.4 Å². The first-order valence-corrected chi connectivity index (χ1v) is 14.4. The minimum absolute atomic E-state index is 0.0198. The Hall–Kier alpha value is -3.71. The van der Waals surface area contributed by atoms with Crippen molar-refractivity contribution in [2.75, 3.05) is 0 Å². The maximum atomic E-state index is 14.2. The predicted molar refractivity (Wildman–Crippen MR) is 155 cm³/mol. The largest absolute Gasteiger partial charge is 0.353 e. The van der Waals surface area contributed by atoms with Gasteiger partial charge in [0.15, 0.2) is 5.13 Å². The number of aryl methyl sites for hydroxylation is 2. The van der Waals surface area contributed by atoms with Crippen molar-refractivity contribution in [2.45, 2.75) is 59.0 Å². The van der Waals surface area contributed by atoms with Crippen LogP contribution in [0.4, 0.5) is 4.39 Å². The topological polar surface area (TPSA) is 51.9 Å². The molecule has 1 amide bonds. The molecule has 1 aliphatic rings. The molecular formula is C32H33FN4OS. The third-order valence-corrected chi connectivity index (χ3v) is 8.93. The summed E-state index contributed by atoms with van der Waals surface area (Å²) in [5, 5.41) is 5.47. The number of aromatic nitrogens is 3. The fourth-order valence-corrected chi connectivity index (χ4v) is 7.11. The third-order valence-electron chi connectivity index (χ3n) is 7.84. The Balaban J connectivity index is 1.51. The van der Waals surface area contributed by atoms with E-state index < -0.39 is 0 Å². The van der Waals surface area contributed by atoms with Gasteiger partial charge in [0.05, 0.1) is 0 Å². The molecule has 0 spiro atoms. The zero-order chi connectivity index (χ0) is 27.3. The Kier molecular flexibility index (Phi) is 6.63. The number of para-hydroxylation sites is 1. The highest BCUT2D eigenvalue weighted by molar-refractivity contribution is 7.14. The smallest absolute Gasteiger partial charge is 0.222 e. The molecule has 7 heteroatoms. The quantitative estimate of drug-likeness (QED) is 0.254. The molecule has 2 unspecified atom stereocenters. The molecule has 3 aromatic heterocycles. The monoisotopic (exact) mass is 540 g/mol. The zero-order valence-corrected chi connectivity index (χ0v) is 23.6. The lowest BCUT2D eigenvalue weighted by Gasteiger charge is -2.32. The lowest BCUT2D eigenvalue weighted by molar-refractivity contribution is -0.124. The van der Waals surface area contributed by atoms with Gasteiger partial charge in [0.25, 0.3) is 0 Å². The molecule has 5 aromatic rings. The van der Waals surface area contributed by atoms with Crippen molar-refractivity contribution >= 4 is 28.1 Å². The van der Waals surface area contributed by atoms with E-state index in [4.69, 9.17) is 4.98 Å². The van der Waals surface area contributed by atoms with Gasteiger partial charge < -0.3 is 9.88 Å². The van der Waals surface area contributed by atoms with Gasteiger partial charge in [-0.25, -0.2) is 9.37 Å². The number of nitrogens with one attached hydrogen (secondary N) is 1. The van der Waals surface area contributed by atoms with Gasteiger partial charge in [-0.05, 0) is 68.1 Å². The number of halogens is 1. The summed E-state index contributed by atoms with van der Waals surface area (Å²) in [4.78, 5) is 18.8. The second kappa shape index (κ2) is 10.1. The van der Waals surface area contributed by atoms with Crippen molar-refractivity contribution in [3.63, 3.8) is 0 Å². The van der Waals surface area contributed by atoms with Crippen LogP contribution >= 0.6 is 11.3 Å². The van der Waals surface area contributed by atoms with Gasteiger partial charge in [-0.2, -0.15) is 0 Å². The number of thiazole rings is 1. The van der Waals surface area contributed by atoms with Crippen LogP contribution in [-0.4, -0.2) is 26.1 Å². The maximum absolute atomic E-state index is 14.2. The van der Waals surface area contributed by atoms with Gasteiger partial charge in [-0.3, -0.25) is 9.36 Å². The Morgan fingerprint density at radius 2 is 1.87 bits per heavy atom. The minimum Gasteiger partial charge on any atom is -0.353 e. The standard InChI is InChI=1S/C32H33FN4OS/c1-19(2)31(38)35-24-15-26-25-10-5-6-11-28(25)36(18-22-8-7-9-23(33)14-22)30(26)27(16-24)29-17-34-32(39-29)37-20(3)12-13-21(37)4/h5-14,17,19,24,27H,15-16,18H2,1-4H3,(H,35,38). The number of nitrogens with zero attached hydrogens (tertiary/aromatic N) is 3. The molecule has 0 fully saturated rings. The fraction of sp³-hybridized carbons (Fsp3) is 0.312. The summed E-state index contributed by atoms with van der Waals surface area (Å²) in [6.07, 6.45) is 3.56. The Morgan fingerprint density at radius 1 is 1.10 bits per heavy atom. The second-order valence-electron chi connectivity index (χ2n) is 10.9. The summed E-state index contributed by atoms with van der Waals surface area (Å²) >= 11 is 1.71. The Labute approximate surface area is 232 Å². The highest BCUT2D eigenvalue weighted by Crippen LogP contribution is 2.44. The van der Waals surface area contributed by atoms with Crippen LogP contribution in [0.5, 0.6) is 0 Å². The van der Waals surface area contributed by atoms with Crippen molar-refractivity contribution in [2.24, 2.45) is 5.92 Å². The fourth-order valence-electron chi connectivity index (χ4n) is 5.96.